The highest BCUT2D eigenvalue weighted by Crippen LogP contribution is 2.15. The maximum absolute atomic E-state index is 8.84. The molecule has 0 unspecified atom stereocenters. The molecule has 0 atom stereocenters. The van der Waals surface area contributed by atoms with E-state index in [4.69, 9.17) is 14.9 Å². The van der Waals surface area contributed by atoms with Crippen LogP contribution in [0.25, 0.3) is 0 Å². The van der Waals surface area contributed by atoms with Crippen LogP contribution in [-0.4, -0.2) is 61.2 Å². The van der Waals surface area contributed by atoms with Crippen molar-refractivity contribution in [1.29, 1.82) is 0 Å². The first-order valence-electron chi connectivity index (χ1n) is 5.38. The Kier molecular flexibility index (Phi) is 6.10. The lowest BCUT2D eigenvalue weighted by Gasteiger charge is -2.28. The molecule has 0 amide bonds. The monoisotopic (exact) mass is 203 g/mol. The number of hydrogen-bond donors (Lipinski definition) is 2. The molecule has 0 aromatic rings. The normalized spacial score (nSPS) is 19.1. The molecule has 0 aromatic carbocycles. The van der Waals surface area contributed by atoms with Crippen molar-refractivity contribution in [2.75, 3.05) is 46.1 Å². The quantitative estimate of drug-likeness (QED) is 0.622. The third-order valence-corrected chi connectivity index (χ3v) is 2.69. The summed E-state index contributed by atoms with van der Waals surface area (Å²) in [5.41, 5.74) is 0. The number of rotatable bonds is 6. The van der Waals surface area contributed by atoms with E-state index in [1.807, 2.05) is 0 Å². The Balaban J connectivity index is 2.21. The molecule has 4 nitrogen and oxygen atoms in total. The van der Waals surface area contributed by atoms with E-state index < -0.39 is 0 Å². The van der Waals surface area contributed by atoms with Crippen molar-refractivity contribution in [1.82, 2.24) is 4.90 Å². The summed E-state index contributed by atoms with van der Waals surface area (Å²) in [7, 11) is 0. The Hall–Kier alpha value is -0.160. The second-order valence-electron chi connectivity index (χ2n) is 3.80. The van der Waals surface area contributed by atoms with E-state index in [9.17, 15) is 0 Å². The standard InChI is InChI=1S/C10H21NO3/c12-5-3-11(4-6-13)9-10-1-7-14-8-2-10/h10,12-13H,1-9H2. The van der Waals surface area contributed by atoms with Gasteiger partial charge in [-0.1, -0.05) is 0 Å². The first-order valence-corrected chi connectivity index (χ1v) is 5.38. The molecular weight excluding hydrogens is 182 g/mol. The number of aliphatic hydroxyl groups excluding tert-OH is 2. The van der Waals surface area contributed by atoms with Crippen LogP contribution in [0.5, 0.6) is 0 Å². The van der Waals surface area contributed by atoms with Crippen molar-refractivity contribution in [2.45, 2.75) is 12.8 Å². The van der Waals surface area contributed by atoms with Crippen LogP contribution in [0.3, 0.4) is 0 Å². The Morgan fingerprint density at radius 2 is 1.64 bits per heavy atom. The van der Waals surface area contributed by atoms with E-state index in [0.29, 0.717) is 19.0 Å². The predicted molar refractivity (Wildman–Crippen MR) is 54.2 cm³/mol. The van der Waals surface area contributed by atoms with Crippen molar-refractivity contribution >= 4 is 0 Å². The Labute approximate surface area is 85.5 Å². The van der Waals surface area contributed by atoms with Gasteiger partial charge >= 0.3 is 0 Å². The van der Waals surface area contributed by atoms with Gasteiger partial charge in [-0.3, -0.25) is 4.90 Å². The molecule has 0 aromatic heterocycles. The molecule has 1 fully saturated rings. The minimum atomic E-state index is 0.170. The van der Waals surface area contributed by atoms with Gasteiger partial charge in [-0.2, -0.15) is 0 Å². The van der Waals surface area contributed by atoms with Crippen LogP contribution in [0.1, 0.15) is 12.8 Å². The van der Waals surface area contributed by atoms with Crippen LogP contribution < -0.4 is 0 Å². The molecule has 4 heteroatoms. The number of aliphatic hydroxyl groups is 2. The average Bonchev–Trinajstić information content (AvgIpc) is 2.20. The first kappa shape index (κ1) is 11.9. The third kappa shape index (κ3) is 4.37. The van der Waals surface area contributed by atoms with Crippen LogP contribution in [0, 0.1) is 5.92 Å². The van der Waals surface area contributed by atoms with E-state index in [-0.39, 0.29) is 13.2 Å². The summed E-state index contributed by atoms with van der Waals surface area (Å²) in [6.07, 6.45) is 2.21. The van der Waals surface area contributed by atoms with Crippen LogP contribution in [0.4, 0.5) is 0 Å². The first-order chi connectivity index (χ1) is 6.86. The topological polar surface area (TPSA) is 52.9 Å². The van der Waals surface area contributed by atoms with Gasteiger partial charge in [-0.15, -0.1) is 0 Å². The van der Waals surface area contributed by atoms with Gasteiger partial charge in [0.15, 0.2) is 0 Å². The van der Waals surface area contributed by atoms with Gasteiger partial charge in [0.25, 0.3) is 0 Å². The van der Waals surface area contributed by atoms with Crippen molar-refractivity contribution in [2.24, 2.45) is 5.92 Å². The largest absolute Gasteiger partial charge is 0.395 e. The molecule has 1 saturated heterocycles. The summed E-state index contributed by atoms with van der Waals surface area (Å²) in [5, 5.41) is 17.7. The number of ether oxygens (including phenoxy) is 1. The van der Waals surface area contributed by atoms with Gasteiger partial charge in [0, 0.05) is 32.8 Å². The lowest BCUT2D eigenvalue weighted by molar-refractivity contribution is 0.0470. The highest BCUT2D eigenvalue weighted by Gasteiger charge is 2.16. The van der Waals surface area contributed by atoms with Crippen LogP contribution >= 0.6 is 0 Å². The summed E-state index contributed by atoms with van der Waals surface area (Å²) in [6, 6.07) is 0. The summed E-state index contributed by atoms with van der Waals surface area (Å²) in [6.45, 7) is 4.36. The zero-order valence-electron chi connectivity index (χ0n) is 8.69. The fraction of sp³-hybridized carbons (Fsp3) is 1.00. The molecule has 1 heterocycles. The van der Waals surface area contributed by atoms with Crippen LogP contribution in [0.2, 0.25) is 0 Å². The van der Waals surface area contributed by atoms with Crippen molar-refractivity contribution in [3.8, 4) is 0 Å². The zero-order chi connectivity index (χ0) is 10.2. The molecule has 14 heavy (non-hydrogen) atoms. The Morgan fingerprint density at radius 1 is 1.07 bits per heavy atom. The summed E-state index contributed by atoms with van der Waals surface area (Å²) in [5.74, 6) is 0.668. The van der Waals surface area contributed by atoms with E-state index in [1.54, 1.807) is 0 Å². The molecule has 84 valence electrons. The Bertz CT molecular complexity index is 131. The van der Waals surface area contributed by atoms with Crippen molar-refractivity contribution in [3.63, 3.8) is 0 Å². The van der Waals surface area contributed by atoms with Crippen LogP contribution in [-0.2, 0) is 4.74 Å². The summed E-state index contributed by atoms with van der Waals surface area (Å²) < 4.78 is 5.28. The van der Waals surface area contributed by atoms with Gasteiger partial charge in [0.2, 0.25) is 0 Å². The fourth-order valence-electron chi connectivity index (χ4n) is 1.87. The van der Waals surface area contributed by atoms with E-state index in [1.165, 1.54) is 0 Å². The summed E-state index contributed by atoms with van der Waals surface area (Å²) >= 11 is 0. The third-order valence-electron chi connectivity index (χ3n) is 2.69. The Morgan fingerprint density at radius 3 is 2.14 bits per heavy atom. The maximum atomic E-state index is 8.84. The number of nitrogens with zero attached hydrogens (tertiary/aromatic N) is 1. The fourth-order valence-corrected chi connectivity index (χ4v) is 1.87. The molecular formula is C10H21NO3. The van der Waals surface area contributed by atoms with Gasteiger partial charge < -0.3 is 14.9 Å². The summed E-state index contributed by atoms with van der Waals surface area (Å²) in [4.78, 5) is 2.12. The minimum Gasteiger partial charge on any atom is -0.395 e. The zero-order valence-corrected chi connectivity index (χ0v) is 8.69. The SMILES string of the molecule is OCCN(CCO)CC1CCOCC1. The van der Waals surface area contributed by atoms with Gasteiger partial charge in [-0.25, -0.2) is 0 Å². The molecule has 2 N–H and O–H groups in total. The van der Waals surface area contributed by atoms with Gasteiger partial charge in [-0.05, 0) is 18.8 Å². The molecule has 1 rings (SSSR count). The van der Waals surface area contributed by atoms with E-state index in [0.717, 1.165) is 32.6 Å². The molecule has 0 spiro atoms. The molecule has 0 aliphatic carbocycles. The second kappa shape index (κ2) is 7.17. The minimum absolute atomic E-state index is 0.170. The molecule has 1 aliphatic rings. The van der Waals surface area contributed by atoms with E-state index >= 15 is 0 Å². The van der Waals surface area contributed by atoms with Gasteiger partial charge in [0.1, 0.15) is 0 Å². The highest BCUT2D eigenvalue weighted by atomic mass is 16.5. The molecule has 0 radical (unpaired) electrons. The lowest BCUT2D eigenvalue weighted by Crippen LogP contribution is -2.36. The predicted octanol–water partition coefficient (Wildman–Crippen LogP) is -0.300. The van der Waals surface area contributed by atoms with Crippen molar-refractivity contribution < 1.29 is 14.9 Å². The smallest absolute Gasteiger partial charge is 0.0558 e. The lowest BCUT2D eigenvalue weighted by atomic mass is 10.00. The highest BCUT2D eigenvalue weighted by molar-refractivity contribution is 4.68. The molecule has 0 saturated carbocycles. The molecule has 1 aliphatic heterocycles. The molecule has 0 bridgehead atoms. The van der Waals surface area contributed by atoms with Crippen LogP contribution in [0.15, 0.2) is 0 Å². The van der Waals surface area contributed by atoms with E-state index in [2.05, 4.69) is 4.90 Å². The van der Waals surface area contributed by atoms with Gasteiger partial charge in [0.05, 0.1) is 13.2 Å². The second-order valence-corrected chi connectivity index (χ2v) is 3.80. The van der Waals surface area contributed by atoms with Crippen molar-refractivity contribution in [3.05, 3.63) is 0 Å². The average molecular weight is 203 g/mol. The number of hydrogen-bond acceptors (Lipinski definition) is 4. The maximum Gasteiger partial charge on any atom is 0.0558 e.